The second kappa shape index (κ2) is 10.2. The van der Waals surface area contributed by atoms with E-state index >= 15 is 0 Å². The van der Waals surface area contributed by atoms with Crippen LogP contribution in [0.1, 0.15) is 38.2 Å². The molecule has 0 saturated carbocycles. The highest BCUT2D eigenvalue weighted by molar-refractivity contribution is 7.89. The molecule has 2 aromatic carbocycles. The van der Waals surface area contributed by atoms with Crippen molar-refractivity contribution in [2.24, 2.45) is 5.92 Å². The Bertz CT molecular complexity index is 942. The molecule has 5 nitrogen and oxygen atoms in total. The number of nitrogens with zero attached hydrogens (tertiary/aromatic N) is 2. The number of hydrogen-bond acceptors (Lipinski definition) is 3. The molecule has 0 aromatic heterocycles. The van der Waals surface area contributed by atoms with Gasteiger partial charge in [0, 0.05) is 32.6 Å². The molecule has 30 heavy (non-hydrogen) atoms. The predicted octanol–water partition coefficient (Wildman–Crippen LogP) is 4.06. The molecule has 1 amide bonds. The summed E-state index contributed by atoms with van der Waals surface area (Å²) in [6, 6.07) is 15.1. The summed E-state index contributed by atoms with van der Waals surface area (Å²) in [6.45, 7) is 4.06. The van der Waals surface area contributed by atoms with E-state index in [-0.39, 0.29) is 10.8 Å². The first-order valence-electron chi connectivity index (χ1n) is 10.5. The Morgan fingerprint density at radius 2 is 1.80 bits per heavy atom. The van der Waals surface area contributed by atoms with Crippen molar-refractivity contribution in [3.8, 4) is 0 Å². The van der Waals surface area contributed by atoms with Crippen LogP contribution < -0.4 is 0 Å². The smallest absolute Gasteiger partial charge is 0.243 e. The average molecular weight is 433 g/mol. The van der Waals surface area contributed by atoms with Crippen molar-refractivity contribution in [3.05, 3.63) is 66.0 Å². The molecule has 0 N–H and O–H groups in total. The zero-order valence-corrected chi connectivity index (χ0v) is 18.2. The number of amides is 1. The summed E-state index contributed by atoms with van der Waals surface area (Å²) in [5.74, 6) is -0.0973. The maximum Gasteiger partial charge on any atom is 0.243 e. The Morgan fingerprint density at radius 3 is 2.43 bits per heavy atom. The second-order valence-corrected chi connectivity index (χ2v) is 9.67. The zero-order chi connectivity index (χ0) is 21.6. The van der Waals surface area contributed by atoms with Crippen molar-refractivity contribution < 1.29 is 17.6 Å². The van der Waals surface area contributed by atoms with E-state index < -0.39 is 15.8 Å². The highest BCUT2D eigenvalue weighted by Crippen LogP contribution is 2.27. The molecule has 2 aromatic rings. The molecule has 7 heteroatoms. The number of sulfonamides is 1. The fourth-order valence-corrected chi connectivity index (χ4v) is 5.38. The molecule has 1 aliphatic heterocycles. The fraction of sp³-hybridized carbons (Fsp3) is 0.435. The monoisotopic (exact) mass is 432 g/mol. The number of carbonyl (C=O) groups is 1. The van der Waals surface area contributed by atoms with Crippen molar-refractivity contribution in [1.82, 2.24) is 9.21 Å². The summed E-state index contributed by atoms with van der Waals surface area (Å²) in [5.41, 5.74) is 1.11. The Hall–Kier alpha value is -2.25. The maximum atomic E-state index is 13.4. The molecular weight excluding hydrogens is 403 g/mol. The van der Waals surface area contributed by atoms with Crippen LogP contribution in [0.2, 0.25) is 0 Å². The van der Waals surface area contributed by atoms with Crippen molar-refractivity contribution in [1.29, 1.82) is 0 Å². The molecule has 1 heterocycles. The van der Waals surface area contributed by atoms with Crippen LogP contribution in [0.15, 0.2) is 59.5 Å². The molecule has 0 radical (unpaired) electrons. The second-order valence-electron chi connectivity index (χ2n) is 7.74. The van der Waals surface area contributed by atoms with Gasteiger partial charge in [0.15, 0.2) is 0 Å². The highest BCUT2D eigenvalue weighted by Gasteiger charge is 2.30. The van der Waals surface area contributed by atoms with E-state index in [0.717, 1.165) is 18.1 Å². The molecule has 1 fully saturated rings. The van der Waals surface area contributed by atoms with Gasteiger partial charge in [-0.25, -0.2) is 12.8 Å². The first-order chi connectivity index (χ1) is 14.4. The number of piperidine rings is 1. The van der Waals surface area contributed by atoms with Gasteiger partial charge in [0.25, 0.3) is 0 Å². The first kappa shape index (κ1) is 22.4. The van der Waals surface area contributed by atoms with E-state index in [2.05, 4.69) is 0 Å². The van der Waals surface area contributed by atoms with Gasteiger partial charge >= 0.3 is 0 Å². The van der Waals surface area contributed by atoms with Gasteiger partial charge in [0.1, 0.15) is 5.82 Å². The quantitative estimate of drug-likeness (QED) is 0.632. The lowest BCUT2D eigenvalue weighted by molar-refractivity contribution is -0.132. The Kier molecular flexibility index (Phi) is 7.61. The van der Waals surface area contributed by atoms with Gasteiger partial charge in [0.05, 0.1) is 4.90 Å². The SMILES string of the molecule is CCN(Cc1ccccc1)C(=O)CCC1CCN(S(=O)(=O)c2cccc(F)c2)CC1. The number of carbonyl (C=O) groups excluding carboxylic acids is 1. The van der Waals surface area contributed by atoms with Gasteiger partial charge in [-0.1, -0.05) is 36.4 Å². The van der Waals surface area contributed by atoms with E-state index in [1.54, 1.807) is 0 Å². The minimum Gasteiger partial charge on any atom is -0.339 e. The van der Waals surface area contributed by atoms with Crippen molar-refractivity contribution >= 4 is 15.9 Å². The van der Waals surface area contributed by atoms with E-state index in [0.29, 0.717) is 51.4 Å². The Balaban J connectivity index is 1.49. The van der Waals surface area contributed by atoms with Crippen LogP contribution in [-0.2, 0) is 21.4 Å². The molecule has 0 spiro atoms. The van der Waals surface area contributed by atoms with E-state index in [1.165, 1.54) is 22.5 Å². The molecule has 1 saturated heterocycles. The molecule has 162 valence electrons. The molecule has 3 rings (SSSR count). The lowest BCUT2D eigenvalue weighted by Crippen LogP contribution is -2.38. The standard InChI is InChI=1S/C23H29FN2O3S/c1-2-25(18-20-7-4-3-5-8-20)23(27)12-11-19-13-15-26(16-14-19)30(28,29)22-10-6-9-21(24)17-22/h3-10,17,19H,2,11-16,18H2,1H3. The third-order valence-electron chi connectivity index (χ3n) is 5.72. The average Bonchev–Trinajstić information content (AvgIpc) is 2.77. The van der Waals surface area contributed by atoms with E-state index in [4.69, 9.17) is 0 Å². The van der Waals surface area contributed by atoms with Crippen molar-refractivity contribution in [3.63, 3.8) is 0 Å². The fourth-order valence-electron chi connectivity index (χ4n) is 3.88. The molecular formula is C23H29FN2O3S. The minimum atomic E-state index is -3.67. The summed E-state index contributed by atoms with van der Waals surface area (Å²) >= 11 is 0. The van der Waals surface area contributed by atoms with Gasteiger partial charge in [-0.2, -0.15) is 4.31 Å². The molecule has 0 unspecified atom stereocenters. The number of rotatable bonds is 8. The minimum absolute atomic E-state index is 0.00405. The Morgan fingerprint density at radius 1 is 1.10 bits per heavy atom. The van der Waals surface area contributed by atoms with Gasteiger partial charge < -0.3 is 4.90 Å². The molecule has 0 aliphatic carbocycles. The predicted molar refractivity (Wildman–Crippen MR) is 115 cm³/mol. The normalized spacial score (nSPS) is 15.8. The van der Waals surface area contributed by atoms with Crippen molar-refractivity contribution in [2.45, 2.75) is 44.0 Å². The summed E-state index contributed by atoms with van der Waals surface area (Å²) in [5, 5.41) is 0. The van der Waals surface area contributed by atoms with Gasteiger partial charge in [0.2, 0.25) is 15.9 Å². The van der Waals surface area contributed by atoms with Crippen LogP contribution in [0, 0.1) is 11.7 Å². The first-order valence-corrected chi connectivity index (χ1v) is 11.9. The third-order valence-corrected chi connectivity index (χ3v) is 7.62. The largest absolute Gasteiger partial charge is 0.339 e. The van der Waals surface area contributed by atoms with Crippen LogP contribution in [-0.4, -0.2) is 43.2 Å². The van der Waals surface area contributed by atoms with Crippen LogP contribution in [0.3, 0.4) is 0 Å². The van der Waals surface area contributed by atoms with E-state index in [9.17, 15) is 17.6 Å². The Labute approximate surface area is 178 Å². The highest BCUT2D eigenvalue weighted by atomic mass is 32.2. The summed E-state index contributed by atoms with van der Waals surface area (Å²) in [7, 11) is -3.67. The number of hydrogen-bond donors (Lipinski definition) is 0. The molecule has 0 bridgehead atoms. The van der Waals surface area contributed by atoms with Crippen LogP contribution >= 0.6 is 0 Å². The number of benzene rings is 2. The molecule has 0 atom stereocenters. The van der Waals surface area contributed by atoms with Crippen LogP contribution in [0.25, 0.3) is 0 Å². The van der Waals surface area contributed by atoms with Gasteiger partial charge in [-0.3, -0.25) is 4.79 Å². The van der Waals surface area contributed by atoms with Crippen LogP contribution in [0.4, 0.5) is 4.39 Å². The lowest BCUT2D eigenvalue weighted by atomic mass is 9.93. The summed E-state index contributed by atoms with van der Waals surface area (Å²) < 4.78 is 40.3. The van der Waals surface area contributed by atoms with Gasteiger partial charge in [-0.05, 0) is 55.9 Å². The molecule has 1 aliphatic rings. The van der Waals surface area contributed by atoms with E-state index in [1.807, 2.05) is 42.2 Å². The topological polar surface area (TPSA) is 57.7 Å². The van der Waals surface area contributed by atoms with Gasteiger partial charge in [-0.15, -0.1) is 0 Å². The van der Waals surface area contributed by atoms with Crippen LogP contribution in [0.5, 0.6) is 0 Å². The number of halogens is 1. The summed E-state index contributed by atoms with van der Waals surface area (Å²) in [4.78, 5) is 14.5. The lowest BCUT2D eigenvalue weighted by Gasteiger charge is -2.31. The zero-order valence-electron chi connectivity index (χ0n) is 17.3. The van der Waals surface area contributed by atoms with Crippen molar-refractivity contribution in [2.75, 3.05) is 19.6 Å². The maximum absolute atomic E-state index is 13.4. The summed E-state index contributed by atoms with van der Waals surface area (Å²) in [6.07, 6.45) is 2.67. The third kappa shape index (κ3) is 5.67.